The van der Waals surface area contributed by atoms with E-state index in [2.05, 4.69) is 15.6 Å². The van der Waals surface area contributed by atoms with Crippen LogP contribution in [0.1, 0.15) is 31.3 Å². The van der Waals surface area contributed by atoms with Crippen LogP contribution in [-0.2, 0) is 6.54 Å². The normalized spacial score (nSPS) is 10.2. The number of benzene rings is 1. The van der Waals surface area contributed by atoms with Crippen LogP contribution in [0.25, 0.3) is 0 Å². The van der Waals surface area contributed by atoms with Crippen molar-refractivity contribution in [1.29, 1.82) is 0 Å². The largest absolute Gasteiger partial charge is 0.375 e. The Morgan fingerprint density at radius 1 is 1.33 bits per heavy atom. The molecule has 7 heteroatoms. The molecule has 1 aromatic heterocycles. The molecule has 1 aromatic carbocycles. The second kappa shape index (κ2) is 6.36. The number of nitrogens with one attached hydrogen (secondary N) is 2. The SMILES string of the molecule is CNC(=O)c1cccc(CNC(=O)c2sc(N)nc2C)c1. The van der Waals surface area contributed by atoms with Crippen molar-refractivity contribution in [2.75, 3.05) is 12.8 Å². The fourth-order valence-corrected chi connectivity index (χ4v) is 2.61. The molecule has 0 radical (unpaired) electrons. The third-order valence-corrected chi connectivity index (χ3v) is 3.87. The lowest BCUT2D eigenvalue weighted by molar-refractivity contribution is 0.0951. The van der Waals surface area contributed by atoms with Gasteiger partial charge >= 0.3 is 0 Å². The van der Waals surface area contributed by atoms with Crippen molar-refractivity contribution >= 4 is 28.3 Å². The van der Waals surface area contributed by atoms with E-state index in [-0.39, 0.29) is 11.8 Å². The lowest BCUT2D eigenvalue weighted by atomic mass is 10.1. The lowest BCUT2D eigenvalue weighted by Gasteiger charge is -2.06. The number of rotatable bonds is 4. The summed E-state index contributed by atoms with van der Waals surface area (Å²) >= 11 is 1.16. The van der Waals surface area contributed by atoms with E-state index in [1.807, 2.05) is 6.07 Å². The van der Waals surface area contributed by atoms with Crippen LogP contribution in [0.15, 0.2) is 24.3 Å². The van der Waals surface area contributed by atoms with Crippen LogP contribution in [0, 0.1) is 6.92 Å². The first-order chi connectivity index (χ1) is 10.0. The Balaban J connectivity index is 2.04. The van der Waals surface area contributed by atoms with Crippen LogP contribution in [0.3, 0.4) is 0 Å². The van der Waals surface area contributed by atoms with Crippen molar-refractivity contribution < 1.29 is 9.59 Å². The van der Waals surface area contributed by atoms with Crippen LogP contribution in [-0.4, -0.2) is 23.8 Å². The fourth-order valence-electron chi connectivity index (χ4n) is 1.86. The van der Waals surface area contributed by atoms with E-state index < -0.39 is 0 Å². The molecule has 2 rings (SSSR count). The van der Waals surface area contributed by atoms with Gasteiger partial charge in [-0.05, 0) is 24.6 Å². The average molecular weight is 304 g/mol. The van der Waals surface area contributed by atoms with Crippen molar-refractivity contribution in [3.05, 3.63) is 46.0 Å². The Kier molecular flexibility index (Phi) is 4.54. The Labute approximate surface area is 126 Å². The van der Waals surface area contributed by atoms with E-state index in [0.717, 1.165) is 16.9 Å². The number of thiazole rings is 1. The summed E-state index contributed by atoms with van der Waals surface area (Å²) in [4.78, 5) is 28.1. The number of nitrogens with two attached hydrogens (primary N) is 1. The Morgan fingerprint density at radius 3 is 2.71 bits per heavy atom. The molecular formula is C14H16N4O2S. The van der Waals surface area contributed by atoms with E-state index in [4.69, 9.17) is 5.73 Å². The Bertz CT molecular complexity index is 681. The van der Waals surface area contributed by atoms with Crippen molar-refractivity contribution in [2.24, 2.45) is 0 Å². The highest BCUT2D eigenvalue weighted by Gasteiger charge is 2.14. The minimum Gasteiger partial charge on any atom is -0.375 e. The summed E-state index contributed by atoms with van der Waals surface area (Å²) in [5.74, 6) is -0.374. The maximum atomic E-state index is 12.1. The van der Waals surface area contributed by atoms with Gasteiger partial charge in [0, 0.05) is 19.2 Å². The number of nitrogens with zero attached hydrogens (tertiary/aromatic N) is 1. The summed E-state index contributed by atoms with van der Waals surface area (Å²) < 4.78 is 0. The molecule has 0 unspecified atom stereocenters. The molecule has 4 N–H and O–H groups in total. The Morgan fingerprint density at radius 2 is 2.10 bits per heavy atom. The zero-order valence-electron chi connectivity index (χ0n) is 11.8. The molecule has 0 aliphatic rings. The number of amides is 2. The third-order valence-electron chi connectivity index (χ3n) is 2.89. The lowest BCUT2D eigenvalue weighted by Crippen LogP contribution is -2.23. The first-order valence-electron chi connectivity index (χ1n) is 6.33. The summed E-state index contributed by atoms with van der Waals surface area (Å²) in [5.41, 5.74) is 7.60. The molecule has 0 aliphatic carbocycles. The maximum absolute atomic E-state index is 12.1. The molecule has 21 heavy (non-hydrogen) atoms. The second-order valence-corrected chi connectivity index (χ2v) is 5.46. The molecule has 110 valence electrons. The predicted molar refractivity (Wildman–Crippen MR) is 82.3 cm³/mol. The molecule has 0 saturated heterocycles. The number of aryl methyl sites for hydroxylation is 1. The van der Waals surface area contributed by atoms with Gasteiger partial charge in [0.15, 0.2) is 5.13 Å². The number of anilines is 1. The first-order valence-corrected chi connectivity index (χ1v) is 7.15. The quantitative estimate of drug-likeness (QED) is 0.793. The minimum absolute atomic E-state index is 0.158. The van der Waals surface area contributed by atoms with Gasteiger partial charge < -0.3 is 16.4 Å². The second-order valence-electron chi connectivity index (χ2n) is 4.43. The zero-order chi connectivity index (χ0) is 15.4. The van der Waals surface area contributed by atoms with Crippen LogP contribution in [0.2, 0.25) is 0 Å². The molecule has 2 amide bonds. The monoisotopic (exact) mass is 304 g/mol. The molecule has 0 fully saturated rings. The van der Waals surface area contributed by atoms with Crippen LogP contribution >= 0.6 is 11.3 Å². The molecule has 0 bridgehead atoms. The van der Waals surface area contributed by atoms with Gasteiger partial charge in [0.1, 0.15) is 4.88 Å². The first kappa shape index (κ1) is 15.0. The average Bonchev–Trinajstić information content (AvgIpc) is 2.83. The molecule has 2 aromatic rings. The zero-order valence-corrected chi connectivity index (χ0v) is 12.6. The van der Waals surface area contributed by atoms with Crippen molar-refractivity contribution in [2.45, 2.75) is 13.5 Å². The number of aromatic nitrogens is 1. The molecule has 0 spiro atoms. The van der Waals surface area contributed by atoms with Gasteiger partial charge in [-0.15, -0.1) is 0 Å². The highest BCUT2D eigenvalue weighted by molar-refractivity contribution is 7.17. The van der Waals surface area contributed by atoms with Gasteiger partial charge in [0.25, 0.3) is 11.8 Å². The summed E-state index contributed by atoms with van der Waals surface area (Å²) in [5, 5.41) is 5.73. The van der Waals surface area contributed by atoms with Gasteiger partial charge in [0.2, 0.25) is 0 Å². The van der Waals surface area contributed by atoms with Crippen molar-refractivity contribution in [3.63, 3.8) is 0 Å². The Hall–Kier alpha value is -2.41. The number of hydrogen-bond acceptors (Lipinski definition) is 5. The smallest absolute Gasteiger partial charge is 0.263 e. The highest BCUT2D eigenvalue weighted by Crippen LogP contribution is 2.19. The van der Waals surface area contributed by atoms with Gasteiger partial charge in [0.05, 0.1) is 5.69 Å². The van der Waals surface area contributed by atoms with Crippen LogP contribution in [0.4, 0.5) is 5.13 Å². The van der Waals surface area contributed by atoms with Crippen LogP contribution in [0.5, 0.6) is 0 Å². The van der Waals surface area contributed by atoms with Crippen molar-refractivity contribution in [1.82, 2.24) is 15.6 Å². The minimum atomic E-state index is -0.216. The van der Waals surface area contributed by atoms with E-state index >= 15 is 0 Å². The van der Waals surface area contributed by atoms with E-state index in [1.54, 1.807) is 32.2 Å². The third kappa shape index (κ3) is 3.57. The highest BCUT2D eigenvalue weighted by atomic mass is 32.1. The molecular weight excluding hydrogens is 288 g/mol. The number of carbonyl (C=O) groups is 2. The van der Waals surface area contributed by atoms with Gasteiger partial charge in [-0.2, -0.15) is 0 Å². The standard InChI is InChI=1S/C14H16N4O2S/c1-8-11(21-14(15)18-8)13(20)17-7-9-4-3-5-10(6-9)12(19)16-2/h3-6H,7H2,1-2H3,(H2,15,18)(H,16,19)(H,17,20). The van der Waals surface area contributed by atoms with Gasteiger partial charge in [-0.25, -0.2) is 4.98 Å². The summed E-state index contributed by atoms with van der Waals surface area (Å²) in [6.07, 6.45) is 0. The molecule has 0 saturated carbocycles. The van der Waals surface area contributed by atoms with Gasteiger partial charge in [-0.3, -0.25) is 9.59 Å². The van der Waals surface area contributed by atoms with E-state index in [1.165, 1.54) is 0 Å². The number of hydrogen-bond donors (Lipinski definition) is 3. The molecule has 0 atom stereocenters. The maximum Gasteiger partial charge on any atom is 0.263 e. The van der Waals surface area contributed by atoms with Crippen LogP contribution < -0.4 is 16.4 Å². The predicted octanol–water partition coefficient (Wildman–Crippen LogP) is 1.32. The number of carbonyl (C=O) groups excluding carboxylic acids is 2. The number of nitrogen functional groups attached to an aromatic ring is 1. The van der Waals surface area contributed by atoms with E-state index in [9.17, 15) is 9.59 Å². The fraction of sp³-hybridized carbons (Fsp3) is 0.214. The summed E-state index contributed by atoms with van der Waals surface area (Å²) in [6.45, 7) is 2.08. The molecule has 1 heterocycles. The topological polar surface area (TPSA) is 97.1 Å². The summed E-state index contributed by atoms with van der Waals surface area (Å²) in [6, 6.07) is 7.09. The molecule has 0 aliphatic heterocycles. The van der Waals surface area contributed by atoms with Gasteiger partial charge in [-0.1, -0.05) is 23.5 Å². The summed E-state index contributed by atoms with van der Waals surface area (Å²) in [7, 11) is 1.58. The van der Waals surface area contributed by atoms with E-state index in [0.29, 0.717) is 27.8 Å². The molecule has 6 nitrogen and oxygen atoms in total. The van der Waals surface area contributed by atoms with Crippen molar-refractivity contribution in [3.8, 4) is 0 Å².